The summed E-state index contributed by atoms with van der Waals surface area (Å²) in [7, 11) is -3.71. The first-order valence-electron chi connectivity index (χ1n) is 8.94. The minimum absolute atomic E-state index is 0.00610. The molecule has 1 amide bonds. The quantitative estimate of drug-likeness (QED) is 0.651. The molecule has 1 fully saturated rings. The van der Waals surface area contributed by atoms with Crippen molar-refractivity contribution >= 4 is 27.5 Å². The lowest BCUT2D eigenvalue weighted by Crippen LogP contribution is -2.34. The summed E-state index contributed by atoms with van der Waals surface area (Å²) in [5.74, 6) is 0.461. The van der Waals surface area contributed by atoms with Crippen LogP contribution in [-0.4, -0.2) is 49.7 Å². The molecule has 0 bridgehead atoms. The minimum Gasteiger partial charge on any atom is -0.338 e. The molecule has 5 nitrogen and oxygen atoms in total. The Kier molecular flexibility index (Phi) is 6.88. The number of benzene rings is 1. The van der Waals surface area contributed by atoms with Crippen LogP contribution in [0.15, 0.2) is 23.1 Å². The highest BCUT2D eigenvalue weighted by Gasteiger charge is 2.29. The first-order valence-corrected chi connectivity index (χ1v) is 10.8. The van der Waals surface area contributed by atoms with Crippen LogP contribution in [0.5, 0.6) is 0 Å². The topological polar surface area (TPSA) is 57.7 Å². The summed E-state index contributed by atoms with van der Waals surface area (Å²) >= 11 is 6.15. The lowest BCUT2D eigenvalue weighted by Gasteiger charge is -2.23. The van der Waals surface area contributed by atoms with Gasteiger partial charge in [-0.15, -0.1) is 0 Å². The largest absolute Gasteiger partial charge is 0.338 e. The normalized spacial score (nSPS) is 14.8. The summed E-state index contributed by atoms with van der Waals surface area (Å²) < 4.78 is 26.9. The predicted octanol–water partition coefficient (Wildman–Crippen LogP) is 3.63. The maximum absolute atomic E-state index is 12.9. The average molecular weight is 387 g/mol. The van der Waals surface area contributed by atoms with Crippen molar-refractivity contribution in [3.05, 3.63) is 28.8 Å². The molecular weight excluding hydrogens is 360 g/mol. The summed E-state index contributed by atoms with van der Waals surface area (Å²) in [5, 5.41) is 0.146. The lowest BCUT2D eigenvalue weighted by molar-refractivity contribution is 0.0747. The molecule has 0 heterocycles. The van der Waals surface area contributed by atoms with Gasteiger partial charge in [-0.1, -0.05) is 32.4 Å². The lowest BCUT2D eigenvalue weighted by atomic mass is 10.2. The molecule has 0 aromatic heterocycles. The number of sulfonamides is 1. The fourth-order valence-electron chi connectivity index (χ4n) is 2.88. The van der Waals surface area contributed by atoms with E-state index in [0.29, 0.717) is 31.1 Å². The van der Waals surface area contributed by atoms with Gasteiger partial charge < -0.3 is 4.90 Å². The molecule has 1 aliphatic rings. The third-order valence-corrected chi connectivity index (χ3v) is 6.99. The second kappa shape index (κ2) is 8.52. The summed E-state index contributed by atoms with van der Waals surface area (Å²) in [5.41, 5.74) is 0.379. The second-order valence-electron chi connectivity index (χ2n) is 6.43. The molecule has 0 unspecified atom stereocenters. The van der Waals surface area contributed by atoms with Gasteiger partial charge in [-0.05, 0) is 43.4 Å². The Labute approximate surface area is 156 Å². The number of halogens is 1. The Morgan fingerprint density at radius 2 is 1.84 bits per heavy atom. The van der Waals surface area contributed by atoms with E-state index in [1.54, 1.807) is 19.9 Å². The van der Waals surface area contributed by atoms with E-state index in [0.717, 1.165) is 25.8 Å². The van der Waals surface area contributed by atoms with Crippen molar-refractivity contribution in [2.45, 2.75) is 44.9 Å². The molecule has 1 aromatic carbocycles. The molecule has 0 N–H and O–H groups in total. The fourth-order valence-corrected chi connectivity index (χ4v) is 4.84. The number of nitrogens with zero attached hydrogens (tertiary/aromatic N) is 2. The molecule has 1 saturated carbocycles. The van der Waals surface area contributed by atoms with Crippen molar-refractivity contribution in [2.75, 3.05) is 26.2 Å². The van der Waals surface area contributed by atoms with E-state index in [-0.39, 0.29) is 15.8 Å². The number of hydrogen-bond acceptors (Lipinski definition) is 3. The molecule has 0 atom stereocenters. The van der Waals surface area contributed by atoms with Gasteiger partial charge in [-0.25, -0.2) is 8.42 Å². The monoisotopic (exact) mass is 386 g/mol. The van der Waals surface area contributed by atoms with Gasteiger partial charge in [0.2, 0.25) is 10.0 Å². The van der Waals surface area contributed by atoms with E-state index in [1.807, 2.05) is 11.8 Å². The first kappa shape index (κ1) is 20.2. The van der Waals surface area contributed by atoms with Crippen LogP contribution in [-0.2, 0) is 10.0 Å². The van der Waals surface area contributed by atoms with Gasteiger partial charge in [0.05, 0.1) is 5.02 Å². The first-order chi connectivity index (χ1) is 11.8. The van der Waals surface area contributed by atoms with Crippen LogP contribution in [0.2, 0.25) is 5.02 Å². The minimum atomic E-state index is -3.71. The molecular formula is C18H27ClN2O3S. The van der Waals surface area contributed by atoms with Crippen LogP contribution in [0.25, 0.3) is 0 Å². The van der Waals surface area contributed by atoms with Crippen molar-refractivity contribution in [3.63, 3.8) is 0 Å². The third-order valence-electron chi connectivity index (χ3n) is 4.46. The zero-order valence-corrected chi connectivity index (χ0v) is 16.7. The van der Waals surface area contributed by atoms with Crippen molar-refractivity contribution in [1.82, 2.24) is 9.21 Å². The van der Waals surface area contributed by atoms with Gasteiger partial charge >= 0.3 is 0 Å². The van der Waals surface area contributed by atoms with Gasteiger partial charge in [0.1, 0.15) is 4.90 Å². The second-order valence-corrected chi connectivity index (χ2v) is 8.74. The van der Waals surface area contributed by atoms with Crippen molar-refractivity contribution in [3.8, 4) is 0 Å². The van der Waals surface area contributed by atoms with E-state index >= 15 is 0 Å². The number of carbonyl (C=O) groups is 1. The average Bonchev–Trinajstić information content (AvgIpc) is 3.39. The predicted molar refractivity (Wildman–Crippen MR) is 100 cm³/mol. The molecule has 0 saturated heterocycles. The molecule has 2 rings (SSSR count). The maximum atomic E-state index is 12.9. The molecule has 25 heavy (non-hydrogen) atoms. The molecule has 1 aliphatic carbocycles. The van der Waals surface area contributed by atoms with Gasteiger partial charge in [0.25, 0.3) is 5.91 Å². The summed E-state index contributed by atoms with van der Waals surface area (Å²) in [6.07, 6.45) is 3.20. The van der Waals surface area contributed by atoms with Gasteiger partial charge in [0.15, 0.2) is 0 Å². The highest BCUT2D eigenvalue weighted by Crippen LogP contribution is 2.31. The molecule has 0 aliphatic heterocycles. The third kappa shape index (κ3) is 4.74. The van der Waals surface area contributed by atoms with E-state index in [1.165, 1.54) is 16.4 Å². The van der Waals surface area contributed by atoms with Gasteiger partial charge in [0, 0.05) is 31.7 Å². The van der Waals surface area contributed by atoms with Crippen molar-refractivity contribution in [1.29, 1.82) is 0 Å². The van der Waals surface area contributed by atoms with Crippen molar-refractivity contribution in [2.24, 2.45) is 5.92 Å². The summed E-state index contributed by atoms with van der Waals surface area (Å²) in [4.78, 5) is 14.7. The van der Waals surface area contributed by atoms with Gasteiger partial charge in [-0.2, -0.15) is 4.31 Å². The van der Waals surface area contributed by atoms with Gasteiger partial charge in [-0.3, -0.25) is 4.79 Å². The van der Waals surface area contributed by atoms with Crippen LogP contribution >= 0.6 is 11.6 Å². The zero-order valence-electron chi connectivity index (χ0n) is 15.2. The maximum Gasteiger partial charge on any atom is 0.253 e. The number of amides is 1. The van der Waals surface area contributed by atoms with E-state index in [4.69, 9.17) is 11.6 Å². The Balaban J connectivity index is 2.35. The fraction of sp³-hybridized carbons (Fsp3) is 0.611. The standard InChI is InChI=1S/C18H27ClN2O3S/c1-4-11-20(13-14-7-8-14)18(22)15-9-10-16(19)17(12-15)25(23,24)21(5-2)6-3/h9-10,12,14H,4-8,11,13H2,1-3H3. The number of carbonyl (C=O) groups excluding carboxylic acids is 1. The van der Waals surface area contributed by atoms with E-state index in [2.05, 4.69) is 0 Å². The summed E-state index contributed by atoms with van der Waals surface area (Å²) in [6.45, 7) is 7.73. The molecule has 140 valence electrons. The van der Waals surface area contributed by atoms with Crippen LogP contribution in [0, 0.1) is 5.92 Å². The molecule has 0 spiro atoms. The summed E-state index contributed by atoms with van der Waals surface area (Å²) in [6, 6.07) is 4.54. The van der Waals surface area contributed by atoms with E-state index < -0.39 is 10.0 Å². The van der Waals surface area contributed by atoms with Crippen LogP contribution in [0.4, 0.5) is 0 Å². The Hall–Kier alpha value is -1.11. The van der Waals surface area contributed by atoms with Crippen LogP contribution in [0.3, 0.4) is 0 Å². The number of hydrogen-bond donors (Lipinski definition) is 0. The molecule has 0 radical (unpaired) electrons. The zero-order chi connectivity index (χ0) is 18.6. The van der Waals surface area contributed by atoms with Crippen LogP contribution < -0.4 is 0 Å². The molecule has 1 aromatic rings. The van der Waals surface area contributed by atoms with E-state index in [9.17, 15) is 13.2 Å². The Morgan fingerprint density at radius 1 is 1.20 bits per heavy atom. The molecule has 7 heteroatoms. The highest BCUT2D eigenvalue weighted by atomic mass is 35.5. The smallest absolute Gasteiger partial charge is 0.253 e. The number of rotatable bonds is 9. The van der Waals surface area contributed by atoms with Crippen LogP contribution in [0.1, 0.15) is 50.4 Å². The highest BCUT2D eigenvalue weighted by molar-refractivity contribution is 7.89. The van der Waals surface area contributed by atoms with Crippen molar-refractivity contribution < 1.29 is 13.2 Å². The SMILES string of the molecule is CCCN(CC1CC1)C(=O)c1ccc(Cl)c(S(=O)(=O)N(CC)CC)c1. The Morgan fingerprint density at radius 3 is 2.36 bits per heavy atom. The Bertz CT molecular complexity index is 713.